The fourth-order valence-corrected chi connectivity index (χ4v) is 7.15. The quantitative estimate of drug-likeness (QED) is 0.0159. The lowest BCUT2D eigenvalue weighted by Gasteiger charge is -2.24. The summed E-state index contributed by atoms with van der Waals surface area (Å²) in [5.74, 6) is -0.891. The van der Waals surface area contributed by atoms with Gasteiger partial charge in [-0.05, 0) is 89.9 Å². The summed E-state index contributed by atoms with van der Waals surface area (Å²) in [7, 11) is 1.42. The zero-order valence-corrected chi connectivity index (χ0v) is 40.7. The molecule has 0 amide bonds. The number of epoxide rings is 1. The van der Waals surface area contributed by atoms with Gasteiger partial charge in [-0.15, -0.1) is 0 Å². The first-order chi connectivity index (χ1) is 30.0. The van der Waals surface area contributed by atoms with Crippen LogP contribution in [0.15, 0.2) is 72.9 Å². The number of esters is 2. The van der Waals surface area contributed by atoms with Crippen LogP contribution in [0.4, 0.5) is 0 Å². The van der Waals surface area contributed by atoms with Crippen molar-refractivity contribution in [3.05, 3.63) is 72.9 Å². The van der Waals surface area contributed by atoms with E-state index in [0.29, 0.717) is 23.9 Å². The molecule has 10 nitrogen and oxygen atoms in total. The topological polar surface area (TPSA) is 121 Å². The maximum absolute atomic E-state index is 12.7. The first-order valence-corrected chi connectivity index (χ1v) is 25.8. The van der Waals surface area contributed by atoms with E-state index in [1.54, 1.807) is 0 Å². The largest absolute Gasteiger partial charge is 0.472 e. The first-order valence-electron chi connectivity index (χ1n) is 24.3. The number of likely N-dealkylation sites (N-methyl/N-ethyl adjacent to an activating group) is 1. The number of nitrogens with zero attached hydrogens (tertiary/aromatic N) is 1. The normalized spacial score (nSPS) is 17.4. The Balaban J connectivity index is 2.31. The maximum atomic E-state index is 12.7. The van der Waals surface area contributed by atoms with Gasteiger partial charge in [-0.1, -0.05) is 145 Å². The Bertz CT molecular complexity index is 1350. The van der Waals surface area contributed by atoms with Gasteiger partial charge in [0.2, 0.25) is 0 Å². The number of phosphoric acid groups is 1. The second-order valence-corrected chi connectivity index (χ2v) is 19.0. The molecule has 0 aromatic rings. The Morgan fingerprint density at radius 2 is 1.03 bits per heavy atom. The third-order valence-corrected chi connectivity index (χ3v) is 11.3. The van der Waals surface area contributed by atoms with E-state index < -0.39 is 32.5 Å². The number of quaternary nitrogens is 1. The highest BCUT2D eigenvalue weighted by Crippen LogP contribution is 2.43. The summed E-state index contributed by atoms with van der Waals surface area (Å²) in [6.45, 7) is 4.27. The van der Waals surface area contributed by atoms with Crippen molar-refractivity contribution in [1.29, 1.82) is 0 Å². The van der Waals surface area contributed by atoms with Gasteiger partial charge in [0, 0.05) is 12.8 Å². The smallest absolute Gasteiger partial charge is 0.462 e. The number of carbonyl (C=O) groups is 2. The van der Waals surface area contributed by atoms with E-state index in [1.165, 1.54) is 51.4 Å². The molecule has 0 saturated carbocycles. The average molecular weight is 891 g/mol. The number of hydrogen-bond donors (Lipinski definition) is 1. The Morgan fingerprint density at radius 3 is 1.63 bits per heavy atom. The van der Waals surface area contributed by atoms with Crippen molar-refractivity contribution in [2.75, 3.05) is 47.5 Å². The highest BCUT2D eigenvalue weighted by atomic mass is 31.2. The highest BCUT2D eigenvalue weighted by Gasteiger charge is 2.36. The molecule has 0 spiro atoms. The summed E-state index contributed by atoms with van der Waals surface area (Å²) < 4.78 is 40.1. The molecule has 0 radical (unpaired) electrons. The van der Waals surface area contributed by atoms with Gasteiger partial charge in [0.15, 0.2) is 6.10 Å². The van der Waals surface area contributed by atoms with Crippen molar-refractivity contribution in [3.63, 3.8) is 0 Å². The van der Waals surface area contributed by atoms with E-state index in [0.717, 1.165) is 83.5 Å². The van der Waals surface area contributed by atoms with Gasteiger partial charge in [0.25, 0.3) is 0 Å². The predicted octanol–water partition coefficient (Wildman–Crippen LogP) is 13.2. The van der Waals surface area contributed by atoms with Crippen LogP contribution in [0.5, 0.6) is 0 Å². The second kappa shape index (κ2) is 38.8. The van der Waals surface area contributed by atoms with Gasteiger partial charge in [-0.3, -0.25) is 18.6 Å². The van der Waals surface area contributed by atoms with E-state index in [9.17, 15) is 19.0 Å². The lowest BCUT2D eigenvalue weighted by Crippen LogP contribution is -2.37. The molecule has 1 saturated heterocycles. The van der Waals surface area contributed by atoms with E-state index in [-0.39, 0.29) is 38.3 Å². The molecule has 3 unspecified atom stereocenters. The van der Waals surface area contributed by atoms with Crippen LogP contribution in [0, 0.1) is 0 Å². The lowest BCUT2D eigenvalue weighted by atomic mass is 10.1. The van der Waals surface area contributed by atoms with Crippen LogP contribution in [0.2, 0.25) is 0 Å². The summed E-state index contributed by atoms with van der Waals surface area (Å²) in [6, 6.07) is 0. The molecule has 0 aromatic carbocycles. The highest BCUT2D eigenvalue weighted by molar-refractivity contribution is 7.47. The maximum Gasteiger partial charge on any atom is 0.472 e. The van der Waals surface area contributed by atoms with Gasteiger partial charge in [-0.2, -0.15) is 0 Å². The molecule has 11 heteroatoms. The minimum absolute atomic E-state index is 0.0139. The van der Waals surface area contributed by atoms with Gasteiger partial charge < -0.3 is 23.6 Å². The number of allylic oxidation sites excluding steroid dienone is 10. The fraction of sp³-hybridized carbons (Fsp3) is 0.725. The standard InChI is InChI=1S/C51H88NO9P/c1-6-8-10-12-14-16-17-18-19-20-21-22-23-24-25-26-28-30-32-38-42-51(54)60-47(46-59-62(55,56)58-44-43-52(3,4)5)45-57-50(53)41-37-34-33-36-40-49-48(61-49)39-35-31-29-27-15-13-11-9-7-2/h15-17,19-20,22-23,27,31,33,35-36,47-49H,6-14,18,21,24-26,28-30,32,34,37-46H2,1-5H3/p+1/b17-16-,20-19-,23-22-,27-15-,35-31-,36-33-/t47-,48?,49?/m1/s1. The van der Waals surface area contributed by atoms with Crippen molar-refractivity contribution in [2.45, 2.75) is 193 Å². The monoisotopic (exact) mass is 891 g/mol. The number of unbranched alkanes of at least 4 members (excludes halogenated alkanes) is 14. The molecule has 0 bridgehead atoms. The van der Waals surface area contributed by atoms with Crippen molar-refractivity contribution >= 4 is 19.8 Å². The Labute approximate surface area is 378 Å². The van der Waals surface area contributed by atoms with Crippen LogP contribution in [0.25, 0.3) is 0 Å². The average Bonchev–Trinajstić information content (AvgIpc) is 3.98. The van der Waals surface area contributed by atoms with Crippen LogP contribution >= 0.6 is 7.82 Å². The molecule has 4 atom stereocenters. The van der Waals surface area contributed by atoms with Crippen molar-refractivity contribution in [2.24, 2.45) is 0 Å². The molecular formula is C51H89NO9P+. The van der Waals surface area contributed by atoms with E-state index in [4.69, 9.17) is 23.3 Å². The number of rotatable bonds is 42. The Kier molecular flexibility index (Phi) is 36.0. The van der Waals surface area contributed by atoms with Crippen LogP contribution in [0.3, 0.4) is 0 Å². The van der Waals surface area contributed by atoms with Gasteiger partial charge in [-0.25, -0.2) is 4.57 Å². The van der Waals surface area contributed by atoms with Crippen LogP contribution < -0.4 is 0 Å². The number of hydrogen-bond acceptors (Lipinski definition) is 8. The molecule has 1 rings (SSSR count). The van der Waals surface area contributed by atoms with Crippen molar-refractivity contribution in [1.82, 2.24) is 0 Å². The number of ether oxygens (including phenoxy) is 3. The third kappa shape index (κ3) is 39.0. The van der Waals surface area contributed by atoms with Gasteiger partial charge >= 0.3 is 19.8 Å². The van der Waals surface area contributed by atoms with E-state index >= 15 is 0 Å². The lowest BCUT2D eigenvalue weighted by molar-refractivity contribution is -0.870. The minimum Gasteiger partial charge on any atom is -0.462 e. The SMILES string of the molecule is CCCCC/C=C\C/C=C\CC1OC1C/C=C\CCCC(=O)OC[C@H](COP(=O)(O)OCC[N+](C)(C)C)OC(=O)CCCCCCCC/C=C\C/C=C\C/C=C\CCCCCC. The van der Waals surface area contributed by atoms with Gasteiger partial charge in [0.05, 0.1) is 40.0 Å². The second-order valence-electron chi connectivity index (χ2n) is 17.5. The molecule has 1 fully saturated rings. The summed E-state index contributed by atoms with van der Waals surface area (Å²) in [5.41, 5.74) is 0. The van der Waals surface area contributed by atoms with Crippen LogP contribution in [-0.2, 0) is 37.4 Å². The zero-order chi connectivity index (χ0) is 45.4. The minimum atomic E-state index is -4.40. The molecule has 1 aliphatic rings. The summed E-state index contributed by atoms with van der Waals surface area (Å²) in [5, 5.41) is 0. The molecule has 1 heterocycles. The van der Waals surface area contributed by atoms with Crippen molar-refractivity contribution in [3.8, 4) is 0 Å². The molecule has 1 N–H and O–H groups in total. The predicted molar refractivity (Wildman–Crippen MR) is 256 cm³/mol. The van der Waals surface area contributed by atoms with Crippen LogP contribution in [0.1, 0.15) is 174 Å². The summed E-state index contributed by atoms with van der Waals surface area (Å²) >= 11 is 0. The third-order valence-electron chi connectivity index (χ3n) is 10.4. The Hall–Kier alpha value is -2.59. The zero-order valence-electron chi connectivity index (χ0n) is 39.8. The number of carbonyl (C=O) groups excluding carboxylic acids is 2. The van der Waals surface area contributed by atoms with E-state index in [1.807, 2.05) is 21.1 Å². The fourth-order valence-electron chi connectivity index (χ4n) is 6.41. The van der Waals surface area contributed by atoms with Crippen molar-refractivity contribution < 1.29 is 46.8 Å². The van der Waals surface area contributed by atoms with Gasteiger partial charge in [0.1, 0.15) is 19.8 Å². The molecular weight excluding hydrogens is 802 g/mol. The van der Waals surface area contributed by atoms with E-state index in [2.05, 4.69) is 86.8 Å². The molecule has 62 heavy (non-hydrogen) atoms. The summed E-state index contributed by atoms with van der Waals surface area (Å²) in [4.78, 5) is 35.5. The molecule has 1 aliphatic heterocycles. The molecule has 356 valence electrons. The first kappa shape index (κ1) is 57.4. The number of phosphoric ester groups is 1. The Morgan fingerprint density at radius 1 is 0.581 bits per heavy atom. The molecule has 0 aromatic heterocycles. The van der Waals surface area contributed by atoms with Crippen LogP contribution in [-0.4, -0.2) is 87.1 Å². The molecule has 0 aliphatic carbocycles. The summed E-state index contributed by atoms with van der Waals surface area (Å²) in [6.07, 6.45) is 51.2.